The first-order valence-electron chi connectivity index (χ1n) is 8.41. The number of pyridine rings is 1. The topological polar surface area (TPSA) is 88.9 Å². The number of carbonyl (C=O) groups is 2. The number of halogens is 1. The van der Waals surface area contributed by atoms with Crippen molar-refractivity contribution < 1.29 is 9.59 Å². The molecule has 3 rings (SSSR count). The van der Waals surface area contributed by atoms with Crippen LogP contribution in [0, 0.1) is 20.8 Å². The van der Waals surface area contributed by atoms with E-state index in [1.807, 2.05) is 32.9 Å². The minimum Gasteiger partial charge on any atom is -0.343 e. The van der Waals surface area contributed by atoms with Crippen LogP contribution in [0.4, 0.5) is 5.69 Å². The van der Waals surface area contributed by atoms with Crippen LogP contribution in [-0.4, -0.2) is 33.1 Å². The summed E-state index contributed by atoms with van der Waals surface area (Å²) in [4.78, 5) is 29.3. The lowest BCUT2D eigenvalue weighted by atomic mass is 10.1. The van der Waals surface area contributed by atoms with Crippen molar-refractivity contribution in [2.75, 3.05) is 11.9 Å². The van der Waals surface area contributed by atoms with Crippen LogP contribution in [0.5, 0.6) is 0 Å². The first-order valence-corrected chi connectivity index (χ1v) is 9.20. The summed E-state index contributed by atoms with van der Waals surface area (Å²) in [6, 6.07) is 7.23. The van der Waals surface area contributed by atoms with E-state index < -0.39 is 0 Å². The first kappa shape index (κ1) is 19.0. The monoisotopic (exact) mass is 429 g/mol. The minimum absolute atomic E-state index is 0.129. The normalized spacial score (nSPS) is 10.9. The Labute approximate surface area is 165 Å². The highest BCUT2D eigenvalue weighted by Gasteiger charge is 2.18. The highest BCUT2D eigenvalue weighted by atomic mass is 79.9. The lowest BCUT2D eigenvalue weighted by Crippen LogP contribution is -2.33. The molecule has 2 N–H and O–H groups in total. The third kappa shape index (κ3) is 4.00. The molecule has 0 saturated carbocycles. The van der Waals surface area contributed by atoms with Gasteiger partial charge < -0.3 is 10.6 Å². The number of fused-ring (bicyclic) bond motifs is 1. The number of hydrogen-bond acceptors (Lipinski definition) is 4. The van der Waals surface area contributed by atoms with Crippen molar-refractivity contribution >= 4 is 44.5 Å². The molecule has 0 atom stereocenters. The molecule has 8 heteroatoms. The molecular formula is C19H20BrN5O2. The minimum atomic E-state index is -0.330. The van der Waals surface area contributed by atoms with Crippen molar-refractivity contribution in [3.05, 3.63) is 51.3 Å². The fourth-order valence-corrected chi connectivity index (χ4v) is 3.18. The number of benzene rings is 1. The van der Waals surface area contributed by atoms with Crippen molar-refractivity contribution in [3.8, 4) is 0 Å². The van der Waals surface area contributed by atoms with E-state index in [1.165, 1.54) is 0 Å². The Balaban J connectivity index is 1.73. The van der Waals surface area contributed by atoms with E-state index in [0.717, 1.165) is 15.7 Å². The van der Waals surface area contributed by atoms with Gasteiger partial charge in [-0.3, -0.25) is 14.3 Å². The molecule has 0 unspecified atom stereocenters. The SMILES string of the molecule is Cc1cc(C(=O)NCC(=O)Nc2ccc(Br)c(C)c2)c2c(C)nn(C)c2n1. The number of amides is 2. The largest absolute Gasteiger partial charge is 0.343 e. The molecule has 0 spiro atoms. The maximum atomic E-state index is 12.7. The van der Waals surface area contributed by atoms with Crippen LogP contribution in [0.1, 0.15) is 27.3 Å². The second-order valence-electron chi connectivity index (χ2n) is 6.41. The molecule has 7 nitrogen and oxygen atoms in total. The lowest BCUT2D eigenvalue weighted by molar-refractivity contribution is -0.115. The number of anilines is 1. The van der Waals surface area contributed by atoms with Crippen LogP contribution in [0.2, 0.25) is 0 Å². The summed E-state index contributed by atoms with van der Waals surface area (Å²) in [5, 5.41) is 10.5. The van der Waals surface area contributed by atoms with E-state index in [-0.39, 0.29) is 18.4 Å². The Morgan fingerprint density at radius 3 is 2.63 bits per heavy atom. The van der Waals surface area contributed by atoms with E-state index in [2.05, 4.69) is 36.6 Å². The van der Waals surface area contributed by atoms with Crippen LogP contribution in [0.25, 0.3) is 11.0 Å². The zero-order valence-corrected chi connectivity index (χ0v) is 17.1. The number of hydrogen-bond donors (Lipinski definition) is 2. The fourth-order valence-electron chi connectivity index (χ4n) is 2.93. The molecule has 0 aliphatic carbocycles. The van der Waals surface area contributed by atoms with Crippen LogP contribution in [0.3, 0.4) is 0 Å². The first-order chi connectivity index (χ1) is 12.8. The van der Waals surface area contributed by atoms with Crippen molar-refractivity contribution in [2.45, 2.75) is 20.8 Å². The van der Waals surface area contributed by atoms with Gasteiger partial charge in [0.15, 0.2) is 5.65 Å². The summed E-state index contributed by atoms with van der Waals surface area (Å²) in [6.07, 6.45) is 0. The van der Waals surface area contributed by atoms with Crippen LogP contribution >= 0.6 is 15.9 Å². The van der Waals surface area contributed by atoms with Crippen molar-refractivity contribution in [1.82, 2.24) is 20.1 Å². The molecule has 1 aromatic carbocycles. The third-order valence-corrected chi connectivity index (χ3v) is 5.08. The van der Waals surface area contributed by atoms with Crippen molar-refractivity contribution in [3.63, 3.8) is 0 Å². The van der Waals surface area contributed by atoms with Crippen molar-refractivity contribution in [2.24, 2.45) is 7.05 Å². The number of aromatic nitrogens is 3. The number of nitrogens with zero attached hydrogens (tertiary/aromatic N) is 3. The standard InChI is InChI=1S/C19H20BrN5O2/c1-10-7-13(5-6-15(10)20)23-16(26)9-21-19(27)14-8-11(2)22-18-17(14)12(3)24-25(18)4/h5-8H,9H2,1-4H3,(H,21,27)(H,23,26). The highest BCUT2D eigenvalue weighted by Crippen LogP contribution is 2.22. The molecule has 0 aliphatic rings. The quantitative estimate of drug-likeness (QED) is 0.666. The van der Waals surface area contributed by atoms with Gasteiger partial charge in [0.2, 0.25) is 5.91 Å². The predicted molar refractivity (Wildman–Crippen MR) is 108 cm³/mol. The molecule has 3 aromatic rings. The Hall–Kier alpha value is -2.74. The summed E-state index contributed by atoms with van der Waals surface area (Å²) >= 11 is 3.42. The lowest BCUT2D eigenvalue weighted by Gasteiger charge is -2.09. The molecule has 2 aromatic heterocycles. The van der Waals surface area contributed by atoms with Gasteiger partial charge >= 0.3 is 0 Å². The summed E-state index contributed by atoms with van der Waals surface area (Å²) in [5.74, 6) is -0.626. The summed E-state index contributed by atoms with van der Waals surface area (Å²) in [6.45, 7) is 5.46. The molecule has 2 heterocycles. The number of carbonyl (C=O) groups excluding carboxylic acids is 2. The molecule has 0 aliphatic heterocycles. The van der Waals surface area contributed by atoms with Gasteiger partial charge in [0.25, 0.3) is 5.91 Å². The van der Waals surface area contributed by atoms with Gasteiger partial charge in [0.05, 0.1) is 23.2 Å². The molecule has 0 bridgehead atoms. The third-order valence-electron chi connectivity index (χ3n) is 4.19. The Morgan fingerprint density at radius 2 is 1.93 bits per heavy atom. The van der Waals surface area contributed by atoms with Gasteiger partial charge in [-0.25, -0.2) is 4.98 Å². The van der Waals surface area contributed by atoms with Gasteiger partial charge in [-0.15, -0.1) is 0 Å². The maximum absolute atomic E-state index is 12.7. The van der Waals surface area contributed by atoms with Gasteiger partial charge in [-0.2, -0.15) is 5.10 Å². The second-order valence-corrected chi connectivity index (χ2v) is 7.27. The van der Waals surface area contributed by atoms with Crippen molar-refractivity contribution in [1.29, 1.82) is 0 Å². The van der Waals surface area contributed by atoms with Gasteiger partial charge in [0.1, 0.15) is 0 Å². The van der Waals surface area contributed by atoms with E-state index in [1.54, 1.807) is 23.9 Å². The van der Waals surface area contributed by atoms with E-state index in [4.69, 9.17) is 0 Å². The van der Waals surface area contributed by atoms with Crippen LogP contribution < -0.4 is 10.6 Å². The van der Waals surface area contributed by atoms with E-state index >= 15 is 0 Å². The zero-order valence-electron chi connectivity index (χ0n) is 15.6. The fraction of sp³-hybridized carbons (Fsp3) is 0.263. The summed E-state index contributed by atoms with van der Waals surface area (Å²) in [5.41, 5.74) is 4.24. The summed E-state index contributed by atoms with van der Waals surface area (Å²) in [7, 11) is 1.79. The Bertz CT molecular complexity index is 1060. The average molecular weight is 430 g/mol. The predicted octanol–water partition coefficient (Wildman–Crippen LogP) is 3.02. The smallest absolute Gasteiger partial charge is 0.252 e. The second kappa shape index (κ2) is 7.48. The van der Waals surface area contributed by atoms with Gasteiger partial charge in [-0.1, -0.05) is 15.9 Å². The maximum Gasteiger partial charge on any atom is 0.252 e. The average Bonchev–Trinajstić information content (AvgIpc) is 2.89. The molecule has 2 amide bonds. The molecule has 0 fully saturated rings. The number of nitrogens with one attached hydrogen (secondary N) is 2. The van der Waals surface area contributed by atoms with Gasteiger partial charge in [0, 0.05) is 22.9 Å². The van der Waals surface area contributed by atoms with E-state index in [9.17, 15) is 9.59 Å². The number of aryl methyl sites for hydroxylation is 4. The van der Waals surface area contributed by atoms with Crippen LogP contribution in [0.15, 0.2) is 28.7 Å². The van der Waals surface area contributed by atoms with E-state index in [0.29, 0.717) is 28.0 Å². The number of rotatable bonds is 4. The summed E-state index contributed by atoms with van der Waals surface area (Å²) < 4.78 is 2.62. The molecule has 140 valence electrons. The van der Waals surface area contributed by atoms with Gasteiger partial charge in [-0.05, 0) is 50.6 Å². The van der Waals surface area contributed by atoms with Crippen LogP contribution in [-0.2, 0) is 11.8 Å². The highest BCUT2D eigenvalue weighted by molar-refractivity contribution is 9.10. The molecule has 0 saturated heterocycles. The molecule has 0 radical (unpaired) electrons. The molecular weight excluding hydrogens is 410 g/mol. The molecule has 27 heavy (non-hydrogen) atoms. The zero-order chi connectivity index (χ0) is 19.7. The Kier molecular flexibility index (Phi) is 5.27. The Morgan fingerprint density at radius 1 is 1.19 bits per heavy atom.